The molecule has 0 fully saturated rings. The largest absolute Gasteiger partial charge is 0.245 e. The molecule has 2 nitrogen and oxygen atoms in total. The summed E-state index contributed by atoms with van der Waals surface area (Å²) in [5.41, 5.74) is 6.61. The molecule has 0 spiro atoms. The van der Waals surface area contributed by atoms with E-state index in [0.29, 0.717) is 5.92 Å². The van der Waals surface area contributed by atoms with Gasteiger partial charge in [0.15, 0.2) is 0 Å². The van der Waals surface area contributed by atoms with Crippen molar-refractivity contribution in [2.45, 2.75) is 13.8 Å². The molecule has 0 aliphatic heterocycles. The Hall–Kier alpha value is -2.74. The Bertz CT molecular complexity index is 743. The van der Waals surface area contributed by atoms with Crippen LogP contribution in [0.1, 0.15) is 19.5 Å². The second kappa shape index (κ2) is 7.50. The molecular weight excluding hydrogens is 280 g/mol. The van der Waals surface area contributed by atoms with E-state index >= 15 is 0 Å². The zero-order chi connectivity index (χ0) is 16.8. The van der Waals surface area contributed by atoms with E-state index in [4.69, 9.17) is 0 Å². The Morgan fingerprint density at radius 3 is 2.65 bits per heavy atom. The molecule has 0 radical (unpaired) electrons. The summed E-state index contributed by atoms with van der Waals surface area (Å²) >= 11 is 0. The van der Waals surface area contributed by atoms with E-state index < -0.39 is 0 Å². The minimum absolute atomic E-state index is 0.433. The van der Waals surface area contributed by atoms with Crippen molar-refractivity contribution in [3.8, 4) is 0 Å². The van der Waals surface area contributed by atoms with Gasteiger partial charge < -0.3 is 0 Å². The Balaban J connectivity index is 2.17. The maximum Gasteiger partial charge on any atom is 0.116 e. The van der Waals surface area contributed by atoms with Crippen LogP contribution in [-0.2, 0) is 0 Å². The first kappa shape index (κ1) is 16.6. The van der Waals surface area contributed by atoms with E-state index in [2.05, 4.69) is 48.8 Å². The van der Waals surface area contributed by atoms with Gasteiger partial charge in [0.1, 0.15) is 6.33 Å². The van der Waals surface area contributed by atoms with E-state index in [-0.39, 0.29) is 0 Å². The van der Waals surface area contributed by atoms with Gasteiger partial charge in [0, 0.05) is 12.1 Å². The smallest absolute Gasteiger partial charge is 0.116 e. The summed E-state index contributed by atoms with van der Waals surface area (Å²) in [4.78, 5) is 8.20. The third-order valence-corrected chi connectivity index (χ3v) is 3.90. The minimum atomic E-state index is 0.433. The van der Waals surface area contributed by atoms with Gasteiger partial charge in [-0.05, 0) is 48.3 Å². The molecule has 1 heterocycles. The first-order chi connectivity index (χ1) is 11.1. The first-order valence-electron chi connectivity index (χ1n) is 7.56. The summed E-state index contributed by atoms with van der Waals surface area (Å²) in [5, 5.41) is 0. The van der Waals surface area contributed by atoms with Crippen LogP contribution in [0.25, 0.3) is 5.57 Å². The van der Waals surface area contributed by atoms with Gasteiger partial charge in [-0.25, -0.2) is 9.97 Å². The van der Waals surface area contributed by atoms with Crippen LogP contribution in [0, 0.1) is 5.92 Å². The average molecular weight is 302 g/mol. The van der Waals surface area contributed by atoms with Crippen molar-refractivity contribution in [1.29, 1.82) is 0 Å². The van der Waals surface area contributed by atoms with Gasteiger partial charge in [-0.3, -0.25) is 0 Å². The fourth-order valence-corrected chi connectivity index (χ4v) is 2.43. The predicted molar refractivity (Wildman–Crippen MR) is 98.6 cm³/mol. The van der Waals surface area contributed by atoms with Gasteiger partial charge in [0.05, 0.1) is 5.69 Å². The SMILES string of the molecule is C=C/C=C(\C=C\C1=C(C)C1C=C)C(=C)/C=C(\C)c1ccncn1. The summed E-state index contributed by atoms with van der Waals surface area (Å²) < 4.78 is 0. The highest BCUT2D eigenvalue weighted by Gasteiger charge is 2.26. The third-order valence-electron chi connectivity index (χ3n) is 3.90. The molecule has 0 aromatic carbocycles. The quantitative estimate of drug-likeness (QED) is 0.508. The van der Waals surface area contributed by atoms with Crippen LogP contribution in [-0.4, -0.2) is 9.97 Å². The molecule has 0 bridgehead atoms. The molecule has 116 valence electrons. The van der Waals surface area contributed by atoms with Crippen molar-refractivity contribution < 1.29 is 0 Å². The molecule has 1 atom stereocenters. The standard InChI is InChI=1S/C21H22N2/c1-6-8-18(9-10-20-17(5)19(20)7-2)15(3)13-16(4)21-11-12-22-14-23-21/h6-14,19H,1-3H2,4-5H3/b10-9+,16-13+,18-8+. The van der Waals surface area contributed by atoms with E-state index in [0.717, 1.165) is 22.4 Å². The van der Waals surface area contributed by atoms with Gasteiger partial charge in [0.2, 0.25) is 0 Å². The van der Waals surface area contributed by atoms with Gasteiger partial charge in [0.25, 0.3) is 0 Å². The number of rotatable bonds is 7. The van der Waals surface area contributed by atoms with E-state index in [1.165, 1.54) is 11.1 Å². The zero-order valence-electron chi connectivity index (χ0n) is 13.8. The molecule has 1 unspecified atom stereocenters. The molecule has 1 aromatic heterocycles. The van der Waals surface area contributed by atoms with Crippen LogP contribution >= 0.6 is 0 Å². The molecule has 2 heteroatoms. The molecule has 0 amide bonds. The van der Waals surface area contributed by atoms with Crippen molar-refractivity contribution in [2.75, 3.05) is 0 Å². The molecule has 1 aromatic rings. The van der Waals surface area contributed by atoms with Crippen molar-refractivity contribution in [2.24, 2.45) is 5.92 Å². The summed E-state index contributed by atoms with van der Waals surface area (Å²) in [6.07, 6.45) is 15.2. The van der Waals surface area contributed by atoms with Crippen LogP contribution in [0.5, 0.6) is 0 Å². The molecule has 0 saturated carbocycles. The number of allylic oxidation sites excluding steroid dienone is 11. The second-order valence-electron chi connectivity index (χ2n) is 5.49. The van der Waals surface area contributed by atoms with Crippen LogP contribution in [0.3, 0.4) is 0 Å². The summed E-state index contributed by atoms with van der Waals surface area (Å²) in [6.45, 7) is 16.0. The van der Waals surface area contributed by atoms with E-state index in [9.17, 15) is 0 Å². The fourth-order valence-electron chi connectivity index (χ4n) is 2.43. The molecule has 0 saturated heterocycles. The van der Waals surface area contributed by atoms with Crippen LogP contribution in [0.15, 0.2) is 97.1 Å². The lowest BCUT2D eigenvalue weighted by Gasteiger charge is -2.04. The Kier molecular flexibility index (Phi) is 5.42. The predicted octanol–water partition coefficient (Wildman–Crippen LogP) is 5.24. The lowest BCUT2D eigenvalue weighted by molar-refractivity contribution is 1.14. The topological polar surface area (TPSA) is 25.8 Å². The number of hydrogen-bond donors (Lipinski definition) is 0. The van der Waals surface area contributed by atoms with Crippen molar-refractivity contribution in [1.82, 2.24) is 9.97 Å². The van der Waals surface area contributed by atoms with Gasteiger partial charge in [-0.15, -0.1) is 6.58 Å². The highest BCUT2D eigenvalue weighted by molar-refractivity contribution is 5.66. The number of nitrogens with zero attached hydrogens (tertiary/aromatic N) is 2. The Labute approximate surface area is 138 Å². The second-order valence-corrected chi connectivity index (χ2v) is 5.49. The maximum atomic E-state index is 4.26. The van der Waals surface area contributed by atoms with Crippen LogP contribution in [0.2, 0.25) is 0 Å². The fraction of sp³-hybridized carbons (Fsp3) is 0.143. The molecule has 1 aliphatic rings. The van der Waals surface area contributed by atoms with Crippen molar-refractivity contribution >= 4 is 5.57 Å². The normalized spacial score (nSPS) is 18.3. The number of aromatic nitrogens is 2. The maximum absolute atomic E-state index is 4.26. The van der Waals surface area contributed by atoms with Gasteiger partial charge >= 0.3 is 0 Å². The van der Waals surface area contributed by atoms with Crippen LogP contribution < -0.4 is 0 Å². The van der Waals surface area contributed by atoms with Crippen molar-refractivity contribution in [3.63, 3.8) is 0 Å². The average Bonchev–Trinajstić information content (AvgIpc) is 3.20. The summed E-state index contributed by atoms with van der Waals surface area (Å²) in [7, 11) is 0. The zero-order valence-corrected chi connectivity index (χ0v) is 13.8. The van der Waals surface area contributed by atoms with Gasteiger partial charge in [-0.2, -0.15) is 0 Å². The van der Waals surface area contributed by atoms with E-state index in [1.54, 1.807) is 18.6 Å². The highest BCUT2D eigenvalue weighted by atomic mass is 14.8. The molecule has 1 aliphatic carbocycles. The minimum Gasteiger partial charge on any atom is -0.245 e. The van der Waals surface area contributed by atoms with E-state index in [1.807, 2.05) is 31.2 Å². The van der Waals surface area contributed by atoms with Crippen LogP contribution in [0.4, 0.5) is 0 Å². The third kappa shape index (κ3) is 4.13. The molecule has 0 N–H and O–H groups in total. The highest BCUT2D eigenvalue weighted by Crippen LogP contribution is 2.40. The summed E-state index contributed by atoms with van der Waals surface area (Å²) in [5.74, 6) is 0.433. The Morgan fingerprint density at radius 1 is 1.30 bits per heavy atom. The molecule has 23 heavy (non-hydrogen) atoms. The molecule has 2 rings (SSSR count). The number of hydrogen-bond acceptors (Lipinski definition) is 2. The summed E-state index contributed by atoms with van der Waals surface area (Å²) in [6, 6.07) is 1.89. The lowest BCUT2D eigenvalue weighted by Crippen LogP contribution is -1.88. The van der Waals surface area contributed by atoms with Crippen molar-refractivity contribution in [3.05, 3.63) is 103 Å². The Morgan fingerprint density at radius 2 is 2.09 bits per heavy atom. The lowest BCUT2D eigenvalue weighted by atomic mass is 10.0. The monoisotopic (exact) mass is 302 g/mol. The van der Waals surface area contributed by atoms with Gasteiger partial charge in [-0.1, -0.05) is 49.1 Å². The molecular formula is C21H22N2. The first-order valence-corrected chi connectivity index (χ1v) is 7.56.